The number of amides is 2. The van der Waals surface area contributed by atoms with E-state index in [1.54, 1.807) is 54.6 Å². The zero-order valence-electron chi connectivity index (χ0n) is 18.6. The summed E-state index contributed by atoms with van der Waals surface area (Å²) in [6.45, 7) is 1.09. The van der Waals surface area contributed by atoms with E-state index in [0.29, 0.717) is 40.7 Å². The summed E-state index contributed by atoms with van der Waals surface area (Å²) in [7, 11) is -1.94. The Kier molecular flexibility index (Phi) is 7.30. The van der Waals surface area contributed by atoms with Crippen molar-refractivity contribution in [1.82, 2.24) is 4.31 Å². The molecule has 1 saturated heterocycles. The van der Waals surface area contributed by atoms with Crippen molar-refractivity contribution < 1.29 is 22.7 Å². The van der Waals surface area contributed by atoms with Crippen LogP contribution in [0.25, 0.3) is 0 Å². The smallest absolute Gasteiger partial charge is 0.255 e. The number of hydrogen-bond acceptors (Lipinski definition) is 6. The number of ether oxygens (including phenoxy) is 1. The van der Waals surface area contributed by atoms with E-state index < -0.39 is 10.0 Å². The standard InChI is InChI=1S/C24H25N3O5S2/c1-32-21-7-3-2-6-20(21)26-24(29)17-8-10-18(11-9-17)25-22(28)16-19-12-13-23(33-19)34(30,31)27-14-4-5-15-27/h2-3,6-13H,4-5,14-16H2,1H3,(H,25,28)(H,26,29). The largest absolute Gasteiger partial charge is 0.495 e. The lowest BCUT2D eigenvalue weighted by atomic mass is 10.2. The molecule has 3 aromatic rings. The Balaban J connectivity index is 1.34. The van der Waals surface area contributed by atoms with E-state index in [1.807, 2.05) is 6.07 Å². The lowest BCUT2D eigenvalue weighted by molar-refractivity contribution is -0.115. The van der Waals surface area contributed by atoms with Gasteiger partial charge in [0.1, 0.15) is 9.96 Å². The van der Waals surface area contributed by atoms with Gasteiger partial charge in [-0.25, -0.2) is 8.42 Å². The number of sulfonamides is 1. The SMILES string of the molecule is COc1ccccc1NC(=O)c1ccc(NC(=O)Cc2ccc(S(=O)(=O)N3CCCC3)s2)cc1. The van der Waals surface area contributed by atoms with Crippen LogP contribution in [0.3, 0.4) is 0 Å². The highest BCUT2D eigenvalue weighted by molar-refractivity contribution is 7.91. The van der Waals surface area contributed by atoms with Crippen molar-refractivity contribution in [3.63, 3.8) is 0 Å². The number of hydrogen-bond donors (Lipinski definition) is 2. The number of anilines is 2. The van der Waals surface area contributed by atoms with Crippen LogP contribution in [0.15, 0.2) is 64.9 Å². The Morgan fingerprint density at radius 1 is 0.971 bits per heavy atom. The molecule has 4 rings (SSSR count). The molecular weight excluding hydrogens is 474 g/mol. The maximum absolute atomic E-state index is 12.7. The Morgan fingerprint density at radius 2 is 1.68 bits per heavy atom. The van der Waals surface area contributed by atoms with Gasteiger partial charge in [-0.1, -0.05) is 12.1 Å². The summed E-state index contributed by atoms with van der Waals surface area (Å²) in [4.78, 5) is 25.7. The molecule has 2 N–H and O–H groups in total. The zero-order chi connectivity index (χ0) is 24.1. The molecule has 34 heavy (non-hydrogen) atoms. The van der Waals surface area contributed by atoms with Crippen molar-refractivity contribution in [2.75, 3.05) is 30.8 Å². The number of nitrogens with one attached hydrogen (secondary N) is 2. The Bertz CT molecular complexity index is 1280. The molecule has 0 radical (unpaired) electrons. The molecule has 2 amide bonds. The fourth-order valence-corrected chi connectivity index (χ4v) is 6.68. The van der Waals surface area contributed by atoms with E-state index in [0.717, 1.165) is 24.2 Å². The molecule has 1 aromatic heterocycles. The number of nitrogens with zero attached hydrogens (tertiary/aromatic N) is 1. The van der Waals surface area contributed by atoms with Gasteiger partial charge in [0, 0.05) is 29.2 Å². The molecule has 0 atom stereocenters. The molecule has 1 aliphatic rings. The van der Waals surface area contributed by atoms with Crippen LogP contribution in [0.1, 0.15) is 28.1 Å². The van der Waals surface area contributed by atoms with Crippen LogP contribution in [0.2, 0.25) is 0 Å². The number of carbonyl (C=O) groups excluding carboxylic acids is 2. The van der Waals surface area contributed by atoms with Gasteiger partial charge in [-0.2, -0.15) is 4.31 Å². The van der Waals surface area contributed by atoms with Crippen molar-refractivity contribution in [3.8, 4) is 5.75 Å². The Morgan fingerprint density at radius 3 is 2.38 bits per heavy atom. The van der Waals surface area contributed by atoms with Crippen molar-refractivity contribution in [2.45, 2.75) is 23.5 Å². The lowest BCUT2D eigenvalue weighted by Crippen LogP contribution is -2.27. The van der Waals surface area contributed by atoms with Crippen LogP contribution in [0.4, 0.5) is 11.4 Å². The van der Waals surface area contributed by atoms with E-state index >= 15 is 0 Å². The molecule has 1 fully saturated rings. The van der Waals surface area contributed by atoms with Crippen molar-refractivity contribution >= 4 is 44.5 Å². The first-order chi connectivity index (χ1) is 16.4. The minimum Gasteiger partial charge on any atom is -0.495 e. The predicted molar refractivity (Wildman–Crippen MR) is 132 cm³/mol. The molecule has 0 saturated carbocycles. The summed E-state index contributed by atoms with van der Waals surface area (Å²) in [5.41, 5.74) is 1.54. The monoisotopic (exact) mass is 499 g/mol. The zero-order valence-corrected chi connectivity index (χ0v) is 20.2. The fraction of sp³-hybridized carbons (Fsp3) is 0.250. The molecule has 2 heterocycles. The average molecular weight is 500 g/mol. The molecule has 178 valence electrons. The number of rotatable bonds is 8. The molecule has 8 nitrogen and oxygen atoms in total. The third kappa shape index (κ3) is 5.46. The summed E-state index contributed by atoms with van der Waals surface area (Å²) >= 11 is 1.12. The van der Waals surface area contributed by atoms with E-state index in [4.69, 9.17) is 4.74 Å². The maximum atomic E-state index is 12.7. The number of methoxy groups -OCH3 is 1. The van der Waals surface area contributed by atoms with E-state index in [9.17, 15) is 18.0 Å². The third-order valence-corrected chi connectivity index (χ3v) is 8.87. The van der Waals surface area contributed by atoms with Gasteiger partial charge < -0.3 is 15.4 Å². The summed E-state index contributed by atoms with van der Waals surface area (Å²) < 4.78 is 32.3. The topological polar surface area (TPSA) is 105 Å². The maximum Gasteiger partial charge on any atom is 0.255 e. The molecule has 0 spiro atoms. The van der Waals surface area contributed by atoms with Crippen LogP contribution in [-0.2, 0) is 21.2 Å². The van der Waals surface area contributed by atoms with Gasteiger partial charge in [-0.3, -0.25) is 9.59 Å². The normalized spacial score (nSPS) is 14.0. The molecule has 0 aliphatic carbocycles. The second-order valence-corrected chi connectivity index (χ2v) is 11.1. The average Bonchev–Trinajstić information content (AvgIpc) is 3.53. The highest BCUT2D eigenvalue weighted by Gasteiger charge is 2.28. The van der Waals surface area contributed by atoms with E-state index in [2.05, 4.69) is 10.6 Å². The fourth-order valence-electron chi connectivity index (χ4n) is 3.66. The lowest BCUT2D eigenvalue weighted by Gasteiger charge is -2.13. The molecule has 2 aromatic carbocycles. The molecule has 0 unspecified atom stereocenters. The second-order valence-electron chi connectivity index (χ2n) is 7.79. The van der Waals surface area contributed by atoms with Gasteiger partial charge >= 0.3 is 0 Å². The molecular formula is C24H25N3O5S2. The van der Waals surface area contributed by atoms with Crippen LogP contribution >= 0.6 is 11.3 Å². The molecule has 1 aliphatic heterocycles. The van der Waals surface area contributed by atoms with Gasteiger partial charge in [-0.05, 0) is 61.4 Å². The summed E-state index contributed by atoms with van der Waals surface area (Å²) in [5, 5.41) is 5.59. The number of thiophene rings is 1. The first kappa shape index (κ1) is 23.9. The summed E-state index contributed by atoms with van der Waals surface area (Å²) in [6, 6.07) is 16.9. The van der Waals surface area contributed by atoms with Gasteiger partial charge in [0.2, 0.25) is 5.91 Å². The predicted octanol–water partition coefficient (Wildman–Crippen LogP) is 3.97. The van der Waals surface area contributed by atoms with Crippen LogP contribution in [0.5, 0.6) is 5.75 Å². The minimum absolute atomic E-state index is 0.0657. The Labute approximate surface area is 202 Å². The van der Waals surface area contributed by atoms with Crippen LogP contribution in [0, 0.1) is 0 Å². The quantitative estimate of drug-likeness (QED) is 0.488. The number of para-hydroxylation sites is 2. The van der Waals surface area contributed by atoms with Crippen molar-refractivity contribution in [1.29, 1.82) is 0 Å². The highest BCUT2D eigenvalue weighted by atomic mass is 32.2. The van der Waals surface area contributed by atoms with Gasteiger partial charge in [0.25, 0.3) is 15.9 Å². The number of benzene rings is 2. The molecule has 10 heteroatoms. The van der Waals surface area contributed by atoms with Crippen LogP contribution < -0.4 is 15.4 Å². The van der Waals surface area contributed by atoms with Gasteiger partial charge in [0.05, 0.1) is 19.2 Å². The molecule has 0 bridgehead atoms. The summed E-state index contributed by atoms with van der Waals surface area (Å²) in [5.74, 6) is -0.00408. The van der Waals surface area contributed by atoms with E-state index in [-0.39, 0.29) is 22.4 Å². The Hall–Kier alpha value is -3.21. The van der Waals surface area contributed by atoms with Gasteiger partial charge in [0.15, 0.2) is 0 Å². The highest BCUT2D eigenvalue weighted by Crippen LogP contribution is 2.28. The van der Waals surface area contributed by atoms with E-state index in [1.165, 1.54) is 11.4 Å². The number of carbonyl (C=O) groups is 2. The van der Waals surface area contributed by atoms with Gasteiger partial charge in [-0.15, -0.1) is 11.3 Å². The second kappa shape index (κ2) is 10.4. The first-order valence-electron chi connectivity index (χ1n) is 10.8. The van der Waals surface area contributed by atoms with Crippen LogP contribution in [-0.4, -0.2) is 44.7 Å². The van der Waals surface area contributed by atoms with Crippen molar-refractivity contribution in [2.24, 2.45) is 0 Å². The first-order valence-corrected chi connectivity index (χ1v) is 13.1. The summed E-state index contributed by atoms with van der Waals surface area (Å²) in [6.07, 6.45) is 1.82. The third-order valence-electron chi connectivity index (χ3n) is 5.42. The minimum atomic E-state index is -3.48. The van der Waals surface area contributed by atoms with Crippen molar-refractivity contribution in [3.05, 3.63) is 71.1 Å².